The van der Waals surface area contributed by atoms with Crippen molar-refractivity contribution in [2.75, 3.05) is 36.5 Å². The smallest absolute Gasteiger partial charge is 0.338 e. The number of fused-ring (bicyclic) bond motifs is 1. The second-order valence-corrected chi connectivity index (χ2v) is 8.70. The van der Waals surface area contributed by atoms with Crippen LogP contribution in [-0.2, 0) is 4.74 Å². The van der Waals surface area contributed by atoms with Gasteiger partial charge < -0.3 is 24.8 Å². The van der Waals surface area contributed by atoms with E-state index in [1.54, 1.807) is 18.5 Å². The maximum Gasteiger partial charge on any atom is 0.338 e. The Bertz CT molecular complexity index is 1180. The van der Waals surface area contributed by atoms with Gasteiger partial charge in [-0.05, 0) is 49.9 Å². The molecule has 5 rings (SSSR count). The molecule has 0 radical (unpaired) electrons. The average Bonchev–Trinajstić information content (AvgIpc) is 2.86. The zero-order valence-corrected chi connectivity index (χ0v) is 18.7. The van der Waals surface area contributed by atoms with Gasteiger partial charge in [0.25, 0.3) is 0 Å². The first-order chi connectivity index (χ1) is 16.6. The van der Waals surface area contributed by atoms with Crippen LogP contribution in [-0.4, -0.2) is 59.5 Å². The summed E-state index contributed by atoms with van der Waals surface area (Å²) in [6.45, 7) is 3.06. The van der Waals surface area contributed by atoms with Crippen LogP contribution >= 0.6 is 0 Å². The summed E-state index contributed by atoms with van der Waals surface area (Å²) >= 11 is 0. The number of benzene rings is 2. The Morgan fingerprint density at radius 3 is 2.62 bits per heavy atom. The summed E-state index contributed by atoms with van der Waals surface area (Å²) in [4.78, 5) is 22.5. The summed E-state index contributed by atoms with van der Waals surface area (Å²) in [7, 11) is 0. The first kappa shape index (κ1) is 22.3. The minimum atomic E-state index is -1.27. The molecule has 8 nitrogen and oxygen atoms in total. The van der Waals surface area contributed by atoms with Crippen LogP contribution in [0.5, 0.6) is 5.75 Å². The summed E-state index contributed by atoms with van der Waals surface area (Å²) in [5, 5.41) is 12.5. The normalized spacial score (nSPS) is 20.8. The van der Waals surface area contributed by atoms with Gasteiger partial charge in [-0.25, -0.2) is 14.2 Å². The molecule has 2 aromatic carbocycles. The quantitative estimate of drug-likeness (QED) is 0.560. The highest BCUT2D eigenvalue weighted by Crippen LogP contribution is 2.33. The van der Waals surface area contributed by atoms with Gasteiger partial charge in [-0.1, -0.05) is 0 Å². The summed E-state index contributed by atoms with van der Waals surface area (Å²) in [6, 6.07) is 8.39. The number of aromatic carboxylic acids is 1. The van der Waals surface area contributed by atoms with Crippen molar-refractivity contribution >= 4 is 28.4 Å². The van der Waals surface area contributed by atoms with E-state index in [4.69, 9.17) is 14.6 Å². The van der Waals surface area contributed by atoms with E-state index >= 15 is 0 Å². The number of ether oxygens (including phenoxy) is 2. The fraction of sp³-hybridized carbons (Fsp3) is 0.400. The van der Waals surface area contributed by atoms with Crippen molar-refractivity contribution in [1.29, 1.82) is 0 Å². The van der Waals surface area contributed by atoms with Crippen LogP contribution in [0.2, 0.25) is 0 Å². The van der Waals surface area contributed by atoms with Crippen molar-refractivity contribution in [3.05, 3.63) is 54.1 Å². The second kappa shape index (κ2) is 9.80. The van der Waals surface area contributed by atoms with Crippen LogP contribution < -0.4 is 15.0 Å². The van der Waals surface area contributed by atoms with E-state index in [1.807, 2.05) is 0 Å². The molecule has 1 aromatic heterocycles. The van der Waals surface area contributed by atoms with Crippen LogP contribution in [0.15, 0.2) is 42.7 Å². The lowest BCUT2D eigenvalue weighted by Gasteiger charge is -2.32. The summed E-state index contributed by atoms with van der Waals surface area (Å²) in [5.74, 6) is -1.26. The zero-order chi connectivity index (χ0) is 23.5. The second-order valence-electron chi connectivity index (χ2n) is 8.70. The number of carboxylic acids is 1. The van der Waals surface area contributed by atoms with Crippen LogP contribution in [0.4, 0.5) is 15.8 Å². The van der Waals surface area contributed by atoms with E-state index in [-0.39, 0.29) is 17.7 Å². The molecule has 0 amide bonds. The maximum atomic E-state index is 13.7. The highest BCUT2D eigenvalue weighted by molar-refractivity contribution is 5.89. The van der Waals surface area contributed by atoms with E-state index in [9.17, 15) is 9.18 Å². The van der Waals surface area contributed by atoms with Gasteiger partial charge in [-0.15, -0.1) is 0 Å². The maximum absolute atomic E-state index is 13.7. The predicted molar refractivity (Wildman–Crippen MR) is 126 cm³/mol. The van der Waals surface area contributed by atoms with Crippen LogP contribution in [0, 0.1) is 5.82 Å². The van der Waals surface area contributed by atoms with Crippen molar-refractivity contribution in [1.82, 2.24) is 9.97 Å². The molecule has 9 heteroatoms. The lowest BCUT2D eigenvalue weighted by atomic mass is 9.92. The third kappa shape index (κ3) is 4.89. The first-order valence-corrected chi connectivity index (χ1v) is 11.6. The van der Waals surface area contributed by atoms with Gasteiger partial charge in [0.15, 0.2) is 0 Å². The number of hydrogen-bond donors (Lipinski definition) is 2. The van der Waals surface area contributed by atoms with E-state index in [2.05, 4.69) is 32.3 Å². The van der Waals surface area contributed by atoms with Crippen molar-refractivity contribution in [2.45, 2.75) is 37.8 Å². The molecule has 2 fully saturated rings. The zero-order valence-electron chi connectivity index (χ0n) is 18.7. The number of rotatable bonds is 6. The highest BCUT2D eigenvalue weighted by Gasteiger charge is 2.24. The molecule has 3 aromatic rings. The number of aromatic nitrogens is 2. The molecule has 0 atom stereocenters. The fourth-order valence-corrected chi connectivity index (χ4v) is 4.64. The fourth-order valence-electron chi connectivity index (χ4n) is 4.64. The number of anilines is 2. The lowest BCUT2D eigenvalue weighted by Crippen LogP contribution is -2.36. The largest absolute Gasteiger partial charge is 0.488 e. The predicted octanol–water partition coefficient (Wildman–Crippen LogP) is 4.11. The highest BCUT2D eigenvalue weighted by atomic mass is 19.1. The van der Waals surface area contributed by atoms with Gasteiger partial charge >= 0.3 is 5.97 Å². The topological polar surface area (TPSA) is 96.8 Å². The molecule has 0 unspecified atom stereocenters. The Kier molecular flexibility index (Phi) is 6.44. The van der Waals surface area contributed by atoms with Gasteiger partial charge in [0.2, 0.25) is 0 Å². The molecular formula is C25H27FN4O4. The number of carbonyl (C=O) groups is 1. The molecule has 2 N–H and O–H groups in total. The summed E-state index contributed by atoms with van der Waals surface area (Å²) in [6.07, 6.45) is 6.82. The molecule has 34 heavy (non-hydrogen) atoms. The van der Waals surface area contributed by atoms with Gasteiger partial charge in [0, 0.05) is 49.0 Å². The van der Waals surface area contributed by atoms with Gasteiger partial charge in [0.05, 0.1) is 30.4 Å². The molecule has 1 aliphatic carbocycles. The molecule has 1 saturated carbocycles. The number of nitrogens with one attached hydrogen (secondary N) is 1. The number of morpholine rings is 1. The average molecular weight is 467 g/mol. The van der Waals surface area contributed by atoms with Crippen LogP contribution in [0.25, 0.3) is 11.0 Å². The van der Waals surface area contributed by atoms with Crippen molar-refractivity contribution in [3.63, 3.8) is 0 Å². The Labute approximate surface area is 196 Å². The molecule has 1 saturated heterocycles. The monoisotopic (exact) mass is 466 g/mol. The van der Waals surface area contributed by atoms with Crippen molar-refractivity contribution < 1.29 is 23.8 Å². The number of halogens is 1. The molecule has 2 heterocycles. The van der Waals surface area contributed by atoms with Crippen molar-refractivity contribution in [3.8, 4) is 5.75 Å². The number of hydrogen-bond acceptors (Lipinski definition) is 7. The number of carboxylic acid groups (broad SMARTS) is 1. The van der Waals surface area contributed by atoms with Gasteiger partial charge in [0.1, 0.15) is 17.1 Å². The molecule has 1 aliphatic heterocycles. The van der Waals surface area contributed by atoms with Crippen LogP contribution in [0.1, 0.15) is 36.0 Å². The lowest BCUT2D eigenvalue weighted by molar-refractivity contribution is 0.0692. The van der Waals surface area contributed by atoms with Gasteiger partial charge in [-0.3, -0.25) is 4.98 Å². The standard InChI is InChI=1S/C25H27FN4O4/c26-21-6-3-17(13-20(21)25(31)32)29-16-1-4-19(5-2-16)34-23-15-18(30-9-11-33-12-10-30)14-22-24(23)28-8-7-27-22/h3,6-8,13-16,19,29H,1-2,4-5,9-12H2,(H,31,32). The summed E-state index contributed by atoms with van der Waals surface area (Å²) in [5.41, 5.74) is 2.92. The Morgan fingerprint density at radius 2 is 1.85 bits per heavy atom. The Hall–Kier alpha value is -3.46. The number of nitrogens with zero attached hydrogens (tertiary/aromatic N) is 3. The summed E-state index contributed by atoms with van der Waals surface area (Å²) < 4.78 is 25.6. The first-order valence-electron chi connectivity index (χ1n) is 11.6. The van der Waals surface area contributed by atoms with E-state index in [0.29, 0.717) is 18.9 Å². The minimum absolute atomic E-state index is 0.0472. The van der Waals surface area contributed by atoms with Crippen LogP contribution in [0.3, 0.4) is 0 Å². The SMILES string of the molecule is O=C(O)c1cc(NC2CCC(Oc3cc(N4CCOCC4)cc4nccnc34)CC2)ccc1F. The van der Waals surface area contributed by atoms with E-state index < -0.39 is 11.8 Å². The molecule has 0 spiro atoms. The Balaban J connectivity index is 1.26. The molecule has 178 valence electrons. The molecule has 2 aliphatic rings. The van der Waals surface area contributed by atoms with Gasteiger partial charge in [-0.2, -0.15) is 0 Å². The minimum Gasteiger partial charge on any atom is -0.488 e. The van der Waals surface area contributed by atoms with E-state index in [0.717, 1.165) is 61.2 Å². The Morgan fingerprint density at radius 1 is 1.09 bits per heavy atom. The van der Waals surface area contributed by atoms with Crippen molar-refractivity contribution in [2.24, 2.45) is 0 Å². The molecule has 0 bridgehead atoms. The third-order valence-electron chi connectivity index (χ3n) is 6.44. The molecular weight excluding hydrogens is 439 g/mol. The third-order valence-corrected chi connectivity index (χ3v) is 6.44. The van der Waals surface area contributed by atoms with E-state index in [1.165, 1.54) is 12.1 Å².